The van der Waals surface area contributed by atoms with Crippen LogP contribution in [0.5, 0.6) is 5.75 Å². The molecule has 0 saturated carbocycles. The van der Waals surface area contributed by atoms with E-state index >= 15 is 0 Å². The summed E-state index contributed by atoms with van der Waals surface area (Å²) in [6, 6.07) is 16.6. The lowest BCUT2D eigenvalue weighted by molar-refractivity contribution is -0.185. The molecule has 0 saturated heterocycles. The lowest BCUT2D eigenvalue weighted by atomic mass is 9.89. The number of ether oxygens (including phenoxy) is 1. The van der Waals surface area contributed by atoms with E-state index < -0.39 is 24.8 Å². The summed E-state index contributed by atoms with van der Waals surface area (Å²) >= 11 is 12.1. The van der Waals surface area contributed by atoms with Gasteiger partial charge < -0.3 is 9.84 Å². The number of benzene rings is 3. The predicted octanol–water partition coefficient (Wildman–Crippen LogP) is 6.84. The second-order valence-electron chi connectivity index (χ2n) is 7.85. The number of hydrazine groups is 1. The summed E-state index contributed by atoms with van der Waals surface area (Å²) < 4.78 is 45.8. The van der Waals surface area contributed by atoms with Gasteiger partial charge in [-0.15, -0.1) is 0 Å². The molecule has 0 aliphatic carbocycles. The third kappa shape index (κ3) is 6.12. The highest BCUT2D eigenvalue weighted by atomic mass is 35.5. The lowest BCUT2D eigenvalue weighted by Crippen LogP contribution is -2.38. The third-order valence-corrected chi connectivity index (χ3v) is 5.67. The van der Waals surface area contributed by atoms with Gasteiger partial charge in [0, 0.05) is 5.02 Å². The average Bonchev–Trinajstić information content (AvgIpc) is 2.72. The molecule has 3 N–H and O–H groups in total. The van der Waals surface area contributed by atoms with Gasteiger partial charge in [0.1, 0.15) is 18.0 Å². The first-order valence-electron chi connectivity index (χ1n) is 9.98. The minimum absolute atomic E-state index is 0.0466. The van der Waals surface area contributed by atoms with Crippen molar-refractivity contribution in [2.45, 2.75) is 32.0 Å². The van der Waals surface area contributed by atoms with Crippen molar-refractivity contribution in [1.29, 1.82) is 0 Å². The maximum atomic E-state index is 13.4. The van der Waals surface area contributed by atoms with Crippen LogP contribution in [0.4, 0.5) is 24.5 Å². The number of alkyl halides is 3. The third-order valence-electron chi connectivity index (χ3n) is 5.17. The minimum Gasteiger partial charge on any atom is -0.488 e. The summed E-state index contributed by atoms with van der Waals surface area (Å²) in [6.45, 7) is 2.70. The van der Waals surface area contributed by atoms with Crippen LogP contribution in [0.25, 0.3) is 0 Å². The monoisotopic (exact) mass is 498 g/mol. The van der Waals surface area contributed by atoms with Gasteiger partial charge in [-0.3, -0.25) is 5.01 Å². The Morgan fingerprint density at radius 1 is 0.970 bits per heavy atom. The number of anilines is 2. The zero-order chi connectivity index (χ0) is 24.4. The highest BCUT2D eigenvalue weighted by molar-refractivity contribution is 6.35. The Labute approximate surface area is 200 Å². The van der Waals surface area contributed by atoms with E-state index in [-0.39, 0.29) is 16.3 Å². The fourth-order valence-corrected chi connectivity index (χ4v) is 4.22. The van der Waals surface area contributed by atoms with E-state index in [9.17, 15) is 18.3 Å². The number of para-hydroxylation sites is 1. The molecule has 3 rings (SSSR count). The molecule has 0 fully saturated rings. The molecule has 3 aromatic rings. The normalized spacial score (nSPS) is 13.5. The zero-order valence-electron chi connectivity index (χ0n) is 18.0. The van der Waals surface area contributed by atoms with Crippen LogP contribution in [0, 0.1) is 13.8 Å². The van der Waals surface area contributed by atoms with Gasteiger partial charge in [0.2, 0.25) is 0 Å². The topological polar surface area (TPSA) is 58.7 Å². The van der Waals surface area contributed by atoms with Crippen LogP contribution in [0.1, 0.15) is 23.1 Å². The highest BCUT2D eigenvalue weighted by Gasteiger charge is 2.43. The second kappa shape index (κ2) is 9.81. The van der Waals surface area contributed by atoms with Gasteiger partial charge in [0.15, 0.2) is 0 Å². The average molecular weight is 499 g/mol. The molecule has 0 aliphatic heterocycles. The SMILES string of the molecule is Cc1cc(C(O)(COc2c(C)cc(Cl)cc2Cl)CC(F)(F)F)ccc1N(N)c1ccccc1. The molecule has 1 unspecified atom stereocenters. The van der Waals surface area contributed by atoms with Crippen LogP contribution in [0.15, 0.2) is 60.7 Å². The van der Waals surface area contributed by atoms with Crippen LogP contribution < -0.4 is 15.6 Å². The first kappa shape index (κ1) is 25.2. The highest BCUT2D eigenvalue weighted by Crippen LogP contribution is 2.39. The maximum Gasteiger partial charge on any atom is 0.392 e. The van der Waals surface area contributed by atoms with E-state index in [2.05, 4.69) is 0 Å². The van der Waals surface area contributed by atoms with Crippen LogP contribution in [0.2, 0.25) is 10.0 Å². The molecule has 9 heteroatoms. The molecule has 0 bridgehead atoms. The summed E-state index contributed by atoms with van der Waals surface area (Å²) in [5.74, 6) is 6.36. The smallest absolute Gasteiger partial charge is 0.392 e. The Morgan fingerprint density at radius 3 is 2.21 bits per heavy atom. The number of rotatable bonds is 7. The minimum atomic E-state index is -4.65. The van der Waals surface area contributed by atoms with Gasteiger partial charge in [-0.1, -0.05) is 53.5 Å². The summed E-state index contributed by atoms with van der Waals surface area (Å²) in [6.07, 6.45) is -6.15. The molecular formula is C24H23Cl2F3N2O2. The fraction of sp³-hybridized carbons (Fsp3) is 0.250. The van der Waals surface area contributed by atoms with Gasteiger partial charge in [0.05, 0.1) is 22.8 Å². The van der Waals surface area contributed by atoms with E-state index in [4.69, 9.17) is 33.8 Å². The number of nitrogens with two attached hydrogens (primary N) is 1. The molecule has 4 nitrogen and oxygen atoms in total. The molecule has 0 amide bonds. The number of hydrogen-bond acceptors (Lipinski definition) is 4. The van der Waals surface area contributed by atoms with Crippen molar-refractivity contribution in [2.24, 2.45) is 5.84 Å². The number of halogens is 5. The van der Waals surface area contributed by atoms with Crippen LogP contribution in [0.3, 0.4) is 0 Å². The quantitative estimate of drug-likeness (QED) is 0.276. The summed E-state index contributed by atoms with van der Waals surface area (Å²) in [5.41, 5.74) is 0.0932. The fourth-order valence-electron chi connectivity index (χ4n) is 3.57. The van der Waals surface area contributed by atoms with Crippen molar-refractivity contribution in [2.75, 3.05) is 11.6 Å². The van der Waals surface area contributed by atoms with E-state index in [0.29, 0.717) is 27.5 Å². The molecule has 176 valence electrons. The van der Waals surface area contributed by atoms with Gasteiger partial charge in [0.25, 0.3) is 0 Å². The number of aliphatic hydroxyl groups is 1. The summed E-state index contributed by atoms with van der Waals surface area (Å²) in [7, 11) is 0. The predicted molar refractivity (Wildman–Crippen MR) is 125 cm³/mol. The van der Waals surface area contributed by atoms with Crippen LogP contribution in [-0.4, -0.2) is 17.9 Å². The molecule has 0 aliphatic rings. The van der Waals surface area contributed by atoms with Gasteiger partial charge in [-0.2, -0.15) is 13.2 Å². The van der Waals surface area contributed by atoms with Crippen molar-refractivity contribution in [1.82, 2.24) is 0 Å². The number of hydrogen-bond donors (Lipinski definition) is 2. The Morgan fingerprint density at radius 2 is 1.64 bits per heavy atom. The van der Waals surface area contributed by atoms with E-state index in [1.165, 1.54) is 23.2 Å². The zero-order valence-corrected chi connectivity index (χ0v) is 19.5. The van der Waals surface area contributed by atoms with Crippen LogP contribution >= 0.6 is 23.2 Å². The molecule has 0 heterocycles. The summed E-state index contributed by atoms with van der Waals surface area (Å²) in [5, 5.41) is 13.1. The van der Waals surface area contributed by atoms with Crippen molar-refractivity contribution in [3.63, 3.8) is 0 Å². The van der Waals surface area contributed by atoms with Gasteiger partial charge >= 0.3 is 6.18 Å². The summed E-state index contributed by atoms with van der Waals surface area (Å²) in [4.78, 5) is 0. The first-order valence-corrected chi connectivity index (χ1v) is 10.7. The molecule has 0 aromatic heterocycles. The lowest BCUT2D eigenvalue weighted by Gasteiger charge is -2.31. The Hall–Kier alpha value is -2.45. The van der Waals surface area contributed by atoms with E-state index in [0.717, 1.165) is 0 Å². The Balaban J connectivity index is 1.94. The molecular weight excluding hydrogens is 476 g/mol. The number of nitrogens with zero attached hydrogens (tertiary/aromatic N) is 1. The molecule has 3 aromatic carbocycles. The first-order chi connectivity index (χ1) is 15.4. The van der Waals surface area contributed by atoms with Crippen molar-refractivity contribution >= 4 is 34.6 Å². The van der Waals surface area contributed by atoms with Crippen molar-refractivity contribution in [3.05, 3.63) is 87.4 Å². The van der Waals surface area contributed by atoms with Gasteiger partial charge in [-0.25, -0.2) is 5.84 Å². The Kier molecular flexibility index (Phi) is 7.49. The van der Waals surface area contributed by atoms with Crippen molar-refractivity contribution in [3.8, 4) is 5.75 Å². The largest absolute Gasteiger partial charge is 0.488 e. The maximum absolute atomic E-state index is 13.4. The molecule has 33 heavy (non-hydrogen) atoms. The molecule has 0 spiro atoms. The molecule has 1 atom stereocenters. The van der Waals surface area contributed by atoms with Gasteiger partial charge in [-0.05, 0) is 60.9 Å². The van der Waals surface area contributed by atoms with E-state index in [1.54, 1.807) is 38.1 Å². The van der Waals surface area contributed by atoms with Crippen LogP contribution in [-0.2, 0) is 5.60 Å². The van der Waals surface area contributed by atoms with Crippen molar-refractivity contribution < 1.29 is 23.0 Å². The number of aryl methyl sites for hydroxylation is 2. The van der Waals surface area contributed by atoms with E-state index in [1.807, 2.05) is 18.2 Å². The second-order valence-corrected chi connectivity index (χ2v) is 8.70. The Bertz CT molecular complexity index is 1100. The standard InChI is InChI=1S/C24H23Cl2F3N2O2/c1-15-10-17(8-9-21(15)31(30)19-6-4-3-5-7-19)23(32,13-24(27,28)29)14-33-22-16(2)11-18(25)12-20(22)26/h3-12,32H,13-14,30H2,1-2H3. The molecule has 0 radical (unpaired) electrons.